The van der Waals surface area contributed by atoms with Crippen molar-refractivity contribution in [1.82, 2.24) is 4.90 Å². The van der Waals surface area contributed by atoms with Crippen molar-refractivity contribution in [3.63, 3.8) is 0 Å². The van der Waals surface area contributed by atoms with Crippen molar-refractivity contribution in [1.29, 1.82) is 0 Å². The van der Waals surface area contributed by atoms with E-state index >= 15 is 0 Å². The molecule has 0 saturated heterocycles. The molecule has 0 aliphatic carbocycles. The van der Waals surface area contributed by atoms with Crippen LogP contribution in [-0.2, 0) is 0 Å². The number of likely N-dealkylation sites (N-methyl/N-ethyl adjacent to an activating group) is 1. The van der Waals surface area contributed by atoms with Gasteiger partial charge in [-0.1, -0.05) is 31.0 Å². The molecule has 0 bridgehead atoms. The molecular weight excluding hydrogens is 196 g/mol. The molecule has 1 N–H and O–H groups in total. The van der Waals surface area contributed by atoms with Gasteiger partial charge in [-0.3, -0.25) is 0 Å². The van der Waals surface area contributed by atoms with Crippen molar-refractivity contribution in [2.45, 2.75) is 26.7 Å². The minimum Gasteiger partial charge on any atom is -0.384 e. The molecule has 0 saturated carbocycles. The Morgan fingerprint density at radius 2 is 1.81 bits per heavy atom. The van der Waals surface area contributed by atoms with E-state index in [1.165, 1.54) is 30.6 Å². The van der Waals surface area contributed by atoms with Crippen LogP contribution in [0.25, 0.3) is 0 Å². The van der Waals surface area contributed by atoms with Crippen molar-refractivity contribution < 1.29 is 0 Å². The third kappa shape index (κ3) is 5.17. The fourth-order valence-electron chi connectivity index (χ4n) is 1.60. The van der Waals surface area contributed by atoms with E-state index in [1.807, 2.05) is 0 Å². The van der Waals surface area contributed by atoms with Gasteiger partial charge in [0.05, 0.1) is 0 Å². The molecule has 2 heteroatoms. The number of nitrogens with one attached hydrogen (secondary N) is 1. The van der Waals surface area contributed by atoms with Crippen LogP contribution in [0.5, 0.6) is 0 Å². The summed E-state index contributed by atoms with van der Waals surface area (Å²) in [5.74, 6) is 0. The Labute approximate surface area is 99.7 Å². The molecule has 2 nitrogen and oxygen atoms in total. The first-order valence-electron chi connectivity index (χ1n) is 6.21. The smallest absolute Gasteiger partial charge is 0.0340 e. The van der Waals surface area contributed by atoms with Crippen LogP contribution in [0.1, 0.15) is 25.3 Å². The molecule has 0 amide bonds. The number of aryl methyl sites for hydroxylation is 1. The second-order valence-electron chi connectivity index (χ2n) is 4.45. The number of benzene rings is 1. The van der Waals surface area contributed by atoms with Gasteiger partial charge in [-0.15, -0.1) is 0 Å². The predicted molar refractivity (Wildman–Crippen MR) is 72.1 cm³/mol. The molecule has 0 radical (unpaired) electrons. The van der Waals surface area contributed by atoms with Crippen LogP contribution in [0.3, 0.4) is 0 Å². The average molecular weight is 220 g/mol. The Morgan fingerprint density at radius 1 is 1.12 bits per heavy atom. The van der Waals surface area contributed by atoms with Crippen LogP contribution in [0.4, 0.5) is 5.69 Å². The lowest BCUT2D eigenvalue weighted by Crippen LogP contribution is -2.26. The number of rotatable bonds is 7. The van der Waals surface area contributed by atoms with E-state index in [2.05, 4.69) is 55.4 Å². The second kappa shape index (κ2) is 7.29. The van der Waals surface area contributed by atoms with Gasteiger partial charge in [-0.2, -0.15) is 0 Å². The zero-order chi connectivity index (χ0) is 11.8. The van der Waals surface area contributed by atoms with Gasteiger partial charge >= 0.3 is 0 Å². The lowest BCUT2D eigenvalue weighted by atomic mass is 10.2. The molecule has 0 heterocycles. The van der Waals surface area contributed by atoms with Gasteiger partial charge in [0.1, 0.15) is 0 Å². The highest BCUT2D eigenvalue weighted by molar-refractivity contribution is 5.44. The van der Waals surface area contributed by atoms with E-state index in [9.17, 15) is 0 Å². The maximum absolute atomic E-state index is 3.44. The molecular formula is C14H24N2. The van der Waals surface area contributed by atoms with Gasteiger partial charge < -0.3 is 10.2 Å². The van der Waals surface area contributed by atoms with E-state index in [0.29, 0.717) is 0 Å². The number of unbranched alkanes of at least 4 members (excludes halogenated alkanes) is 1. The highest BCUT2D eigenvalue weighted by Gasteiger charge is 1.97. The first-order valence-corrected chi connectivity index (χ1v) is 6.21. The zero-order valence-corrected chi connectivity index (χ0v) is 10.8. The van der Waals surface area contributed by atoms with Gasteiger partial charge in [-0.05, 0) is 39.1 Å². The maximum atomic E-state index is 3.44. The topological polar surface area (TPSA) is 15.3 Å². The molecule has 0 aliphatic heterocycles. The van der Waals surface area contributed by atoms with Crippen LogP contribution < -0.4 is 5.32 Å². The van der Waals surface area contributed by atoms with Crippen LogP contribution in [0.15, 0.2) is 24.3 Å². The van der Waals surface area contributed by atoms with Crippen LogP contribution in [-0.4, -0.2) is 31.6 Å². The van der Waals surface area contributed by atoms with Crippen LogP contribution in [0, 0.1) is 6.92 Å². The van der Waals surface area contributed by atoms with Crippen molar-refractivity contribution in [2.75, 3.05) is 32.0 Å². The first-order chi connectivity index (χ1) is 7.72. The maximum Gasteiger partial charge on any atom is 0.0340 e. The molecule has 16 heavy (non-hydrogen) atoms. The Balaban J connectivity index is 2.17. The quantitative estimate of drug-likeness (QED) is 0.759. The van der Waals surface area contributed by atoms with E-state index < -0.39 is 0 Å². The fraction of sp³-hybridized carbons (Fsp3) is 0.571. The summed E-state index contributed by atoms with van der Waals surface area (Å²) in [6.07, 6.45) is 2.57. The SMILES string of the molecule is CCCCN(C)CCNc1ccc(C)cc1. The summed E-state index contributed by atoms with van der Waals surface area (Å²) >= 11 is 0. The minimum absolute atomic E-state index is 1.02. The van der Waals surface area contributed by atoms with Crippen molar-refractivity contribution in [3.8, 4) is 0 Å². The van der Waals surface area contributed by atoms with Gasteiger partial charge in [0.2, 0.25) is 0 Å². The lowest BCUT2D eigenvalue weighted by molar-refractivity contribution is 0.340. The van der Waals surface area contributed by atoms with E-state index in [4.69, 9.17) is 0 Å². The summed E-state index contributed by atoms with van der Waals surface area (Å²) in [5, 5.41) is 3.44. The highest BCUT2D eigenvalue weighted by atomic mass is 15.1. The van der Waals surface area contributed by atoms with Gasteiger partial charge in [0.15, 0.2) is 0 Å². The first kappa shape index (κ1) is 13.0. The van der Waals surface area contributed by atoms with Crippen molar-refractivity contribution in [2.24, 2.45) is 0 Å². The third-order valence-electron chi connectivity index (χ3n) is 2.77. The van der Waals surface area contributed by atoms with Crippen LogP contribution >= 0.6 is 0 Å². The van der Waals surface area contributed by atoms with Gasteiger partial charge in [-0.25, -0.2) is 0 Å². The molecule has 90 valence electrons. The number of anilines is 1. The molecule has 0 atom stereocenters. The predicted octanol–water partition coefficient (Wildman–Crippen LogP) is 3.14. The zero-order valence-electron chi connectivity index (χ0n) is 10.8. The normalized spacial score (nSPS) is 10.8. The fourth-order valence-corrected chi connectivity index (χ4v) is 1.60. The highest BCUT2D eigenvalue weighted by Crippen LogP contribution is 2.07. The molecule has 1 rings (SSSR count). The summed E-state index contributed by atoms with van der Waals surface area (Å²) in [7, 11) is 2.19. The molecule has 1 aromatic rings. The standard InChI is InChI=1S/C14H24N2/c1-4-5-11-16(3)12-10-15-14-8-6-13(2)7-9-14/h6-9,15H,4-5,10-12H2,1-3H3. The average Bonchev–Trinajstić information content (AvgIpc) is 2.29. The van der Waals surface area contributed by atoms with E-state index in [0.717, 1.165) is 13.1 Å². The number of hydrogen-bond donors (Lipinski definition) is 1. The summed E-state index contributed by atoms with van der Waals surface area (Å²) in [4.78, 5) is 2.38. The molecule has 0 unspecified atom stereocenters. The summed E-state index contributed by atoms with van der Waals surface area (Å²) in [6, 6.07) is 8.56. The Morgan fingerprint density at radius 3 is 2.44 bits per heavy atom. The number of nitrogens with zero attached hydrogens (tertiary/aromatic N) is 1. The molecule has 0 aliphatic rings. The largest absolute Gasteiger partial charge is 0.384 e. The Bertz CT molecular complexity index is 279. The minimum atomic E-state index is 1.02. The second-order valence-corrected chi connectivity index (χ2v) is 4.45. The van der Waals surface area contributed by atoms with Crippen molar-refractivity contribution >= 4 is 5.69 Å². The summed E-state index contributed by atoms with van der Waals surface area (Å²) in [6.45, 7) is 7.67. The lowest BCUT2D eigenvalue weighted by Gasteiger charge is -2.16. The van der Waals surface area contributed by atoms with E-state index in [-0.39, 0.29) is 0 Å². The van der Waals surface area contributed by atoms with E-state index in [1.54, 1.807) is 0 Å². The molecule has 0 aromatic heterocycles. The van der Waals surface area contributed by atoms with Crippen molar-refractivity contribution in [3.05, 3.63) is 29.8 Å². The summed E-state index contributed by atoms with van der Waals surface area (Å²) in [5.41, 5.74) is 2.53. The third-order valence-corrected chi connectivity index (χ3v) is 2.77. The van der Waals surface area contributed by atoms with Crippen LogP contribution in [0.2, 0.25) is 0 Å². The molecule has 0 fully saturated rings. The molecule has 1 aromatic carbocycles. The molecule has 0 spiro atoms. The van der Waals surface area contributed by atoms with Gasteiger partial charge in [0, 0.05) is 18.8 Å². The number of hydrogen-bond acceptors (Lipinski definition) is 2. The Hall–Kier alpha value is -1.02. The van der Waals surface area contributed by atoms with Gasteiger partial charge in [0.25, 0.3) is 0 Å². The monoisotopic (exact) mass is 220 g/mol. The summed E-state index contributed by atoms with van der Waals surface area (Å²) < 4.78 is 0. The Kier molecular flexibility index (Phi) is 5.94.